The average molecular weight is 199 g/mol. The molecule has 0 aliphatic heterocycles. The molecule has 2 heteroatoms. The lowest BCUT2D eigenvalue weighted by molar-refractivity contribution is 0.479. The zero-order valence-corrected chi connectivity index (χ0v) is 8.60. The summed E-state index contributed by atoms with van der Waals surface area (Å²) in [6.45, 7) is 2.00. The van der Waals surface area contributed by atoms with E-state index in [0.717, 1.165) is 17.1 Å². The SMILES string of the molecule is Cc1ccc(N)cc1Oc1ccccc1. The summed E-state index contributed by atoms with van der Waals surface area (Å²) in [6, 6.07) is 15.3. The summed E-state index contributed by atoms with van der Waals surface area (Å²) < 4.78 is 5.71. The summed E-state index contributed by atoms with van der Waals surface area (Å²) in [5.74, 6) is 1.63. The van der Waals surface area contributed by atoms with Gasteiger partial charge in [0.2, 0.25) is 0 Å². The van der Waals surface area contributed by atoms with E-state index in [0.29, 0.717) is 5.69 Å². The minimum atomic E-state index is 0.714. The maximum Gasteiger partial charge on any atom is 0.132 e. The third-order valence-electron chi connectivity index (χ3n) is 2.18. The molecule has 0 radical (unpaired) electrons. The number of anilines is 1. The highest BCUT2D eigenvalue weighted by atomic mass is 16.5. The van der Waals surface area contributed by atoms with Crippen molar-refractivity contribution in [3.8, 4) is 11.5 Å². The topological polar surface area (TPSA) is 35.2 Å². The van der Waals surface area contributed by atoms with Gasteiger partial charge in [0, 0.05) is 11.8 Å². The molecule has 0 saturated heterocycles. The molecule has 2 aromatic rings. The van der Waals surface area contributed by atoms with Crippen molar-refractivity contribution in [2.24, 2.45) is 0 Å². The first-order chi connectivity index (χ1) is 7.25. The zero-order valence-electron chi connectivity index (χ0n) is 8.60. The Morgan fingerprint density at radius 2 is 1.73 bits per heavy atom. The van der Waals surface area contributed by atoms with Crippen LogP contribution in [0.25, 0.3) is 0 Å². The Kier molecular flexibility index (Phi) is 2.59. The minimum Gasteiger partial charge on any atom is -0.457 e. The normalized spacial score (nSPS) is 9.93. The Hall–Kier alpha value is -1.96. The van der Waals surface area contributed by atoms with E-state index in [1.54, 1.807) is 0 Å². The molecule has 2 N–H and O–H groups in total. The summed E-state index contributed by atoms with van der Waals surface area (Å²) in [4.78, 5) is 0. The van der Waals surface area contributed by atoms with Gasteiger partial charge in [0.15, 0.2) is 0 Å². The van der Waals surface area contributed by atoms with Gasteiger partial charge in [0.05, 0.1) is 0 Å². The fourth-order valence-electron chi connectivity index (χ4n) is 1.34. The second-order valence-electron chi connectivity index (χ2n) is 3.44. The Morgan fingerprint density at radius 1 is 1.00 bits per heavy atom. The summed E-state index contributed by atoms with van der Waals surface area (Å²) in [6.07, 6.45) is 0. The van der Waals surface area contributed by atoms with Crippen molar-refractivity contribution in [1.82, 2.24) is 0 Å². The van der Waals surface area contributed by atoms with Crippen LogP contribution in [-0.4, -0.2) is 0 Å². The van der Waals surface area contributed by atoms with Gasteiger partial charge in [0.1, 0.15) is 11.5 Å². The highest BCUT2D eigenvalue weighted by molar-refractivity contribution is 5.49. The molecule has 0 heterocycles. The molecule has 2 rings (SSSR count). The number of nitrogen functional groups attached to an aromatic ring is 1. The van der Waals surface area contributed by atoms with Gasteiger partial charge in [-0.1, -0.05) is 24.3 Å². The van der Waals surface area contributed by atoms with Crippen molar-refractivity contribution in [3.63, 3.8) is 0 Å². The molecule has 0 fully saturated rings. The van der Waals surface area contributed by atoms with Gasteiger partial charge in [-0.15, -0.1) is 0 Å². The number of ether oxygens (including phenoxy) is 1. The van der Waals surface area contributed by atoms with Gasteiger partial charge in [-0.25, -0.2) is 0 Å². The third kappa shape index (κ3) is 2.29. The van der Waals surface area contributed by atoms with Gasteiger partial charge in [-0.05, 0) is 30.7 Å². The van der Waals surface area contributed by atoms with Crippen molar-refractivity contribution >= 4 is 5.69 Å². The maximum atomic E-state index is 5.71. The zero-order chi connectivity index (χ0) is 10.7. The minimum absolute atomic E-state index is 0.714. The van der Waals surface area contributed by atoms with Crippen molar-refractivity contribution in [2.75, 3.05) is 5.73 Å². The predicted octanol–water partition coefficient (Wildman–Crippen LogP) is 3.37. The quantitative estimate of drug-likeness (QED) is 0.752. The number of nitrogens with two attached hydrogens (primary N) is 1. The molecular weight excluding hydrogens is 186 g/mol. The monoisotopic (exact) mass is 199 g/mol. The average Bonchev–Trinajstić information content (AvgIpc) is 2.25. The number of hydrogen-bond donors (Lipinski definition) is 1. The second kappa shape index (κ2) is 4.05. The van der Waals surface area contributed by atoms with Crippen LogP contribution >= 0.6 is 0 Å². The first-order valence-corrected chi connectivity index (χ1v) is 4.85. The Labute approximate surface area is 89.3 Å². The molecule has 76 valence electrons. The first kappa shape index (κ1) is 9.59. The Morgan fingerprint density at radius 3 is 2.47 bits per heavy atom. The van der Waals surface area contributed by atoms with Crippen LogP contribution in [-0.2, 0) is 0 Å². The van der Waals surface area contributed by atoms with Gasteiger partial charge in [-0.3, -0.25) is 0 Å². The van der Waals surface area contributed by atoms with Gasteiger partial charge < -0.3 is 10.5 Å². The van der Waals surface area contributed by atoms with Crippen LogP contribution < -0.4 is 10.5 Å². The molecule has 0 saturated carbocycles. The van der Waals surface area contributed by atoms with Gasteiger partial charge in [-0.2, -0.15) is 0 Å². The smallest absolute Gasteiger partial charge is 0.132 e. The van der Waals surface area contributed by atoms with E-state index in [1.165, 1.54) is 0 Å². The van der Waals surface area contributed by atoms with Crippen LogP contribution in [0.3, 0.4) is 0 Å². The summed E-state index contributed by atoms with van der Waals surface area (Å²) >= 11 is 0. The molecule has 15 heavy (non-hydrogen) atoms. The van der Waals surface area contributed by atoms with E-state index in [4.69, 9.17) is 10.5 Å². The van der Waals surface area contributed by atoms with Crippen LogP contribution in [0.2, 0.25) is 0 Å². The number of rotatable bonds is 2. The lowest BCUT2D eigenvalue weighted by atomic mass is 10.2. The van der Waals surface area contributed by atoms with E-state index in [2.05, 4.69) is 0 Å². The summed E-state index contributed by atoms with van der Waals surface area (Å²) in [5, 5.41) is 0. The fourth-order valence-corrected chi connectivity index (χ4v) is 1.34. The molecule has 0 atom stereocenters. The first-order valence-electron chi connectivity index (χ1n) is 4.85. The Balaban J connectivity index is 2.28. The highest BCUT2D eigenvalue weighted by Gasteiger charge is 2.01. The van der Waals surface area contributed by atoms with E-state index < -0.39 is 0 Å². The number of aryl methyl sites for hydroxylation is 1. The molecule has 0 spiro atoms. The molecule has 0 bridgehead atoms. The van der Waals surface area contributed by atoms with E-state index >= 15 is 0 Å². The maximum absolute atomic E-state index is 5.71. The lowest BCUT2D eigenvalue weighted by Gasteiger charge is -2.08. The molecule has 2 nitrogen and oxygen atoms in total. The van der Waals surface area contributed by atoms with E-state index in [-0.39, 0.29) is 0 Å². The van der Waals surface area contributed by atoms with Crippen LogP contribution in [0.15, 0.2) is 48.5 Å². The van der Waals surface area contributed by atoms with Crippen LogP contribution in [0.4, 0.5) is 5.69 Å². The predicted molar refractivity (Wildman–Crippen MR) is 62.1 cm³/mol. The Bertz CT molecular complexity index is 451. The van der Waals surface area contributed by atoms with Crippen molar-refractivity contribution < 1.29 is 4.74 Å². The molecule has 0 aliphatic carbocycles. The standard InChI is InChI=1S/C13H13NO/c1-10-7-8-11(14)9-13(10)15-12-5-3-2-4-6-12/h2-9H,14H2,1H3. The van der Waals surface area contributed by atoms with Crippen molar-refractivity contribution in [3.05, 3.63) is 54.1 Å². The lowest BCUT2D eigenvalue weighted by Crippen LogP contribution is -1.90. The number of para-hydroxylation sites is 1. The van der Waals surface area contributed by atoms with Crippen molar-refractivity contribution in [1.29, 1.82) is 0 Å². The highest BCUT2D eigenvalue weighted by Crippen LogP contribution is 2.26. The van der Waals surface area contributed by atoms with Crippen LogP contribution in [0.1, 0.15) is 5.56 Å². The molecule has 2 aromatic carbocycles. The van der Waals surface area contributed by atoms with E-state index in [1.807, 2.05) is 55.5 Å². The molecule has 0 aromatic heterocycles. The van der Waals surface area contributed by atoms with Gasteiger partial charge in [0.25, 0.3) is 0 Å². The largest absolute Gasteiger partial charge is 0.457 e. The van der Waals surface area contributed by atoms with E-state index in [9.17, 15) is 0 Å². The number of benzene rings is 2. The molecular formula is C13H13NO. The third-order valence-corrected chi connectivity index (χ3v) is 2.18. The fraction of sp³-hybridized carbons (Fsp3) is 0.0769. The van der Waals surface area contributed by atoms with Crippen LogP contribution in [0, 0.1) is 6.92 Å². The molecule has 0 amide bonds. The second-order valence-corrected chi connectivity index (χ2v) is 3.44. The molecule has 0 aliphatic rings. The van der Waals surface area contributed by atoms with Crippen LogP contribution in [0.5, 0.6) is 11.5 Å². The summed E-state index contributed by atoms with van der Waals surface area (Å²) in [7, 11) is 0. The summed E-state index contributed by atoms with van der Waals surface area (Å²) in [5.41, 5.74) is 7.49. The number of hydrogen-bond acceptors (Lipinski definition) is 2. The molecule has 0 unspecified atom stereocenters. The van der Waals surface area contributed by atoms with Crippen molar-refractivity contribution in [2.45, 2.75) is 6.92 Å². The van der Waals surface area contributed by atoms with Gasteiger partial charge >= 0.3 is 0 Å².